The standard InChI is InChI=1S/C17H17N5O3S.2H2/c1-25-16(24)10-3-2-9(6-10)15(23)22-17-21-12(7-26-17)13-11-4-5-18-14(11)20-8-19-13;;/h4-5,7-10H,2-3,6H2,1H3,(H,18,19,20)(H,21,22,23);2*1H/t9-,10+;;/m0../s1. The summed E-state index contributed by atoms with van der Waals surface area (Å²) in [5.41, 5.74) is 2.16. The third-order valence-corrected chi connectivity index (χ3v) is 5.43. The summed E-state index contributed by atoms with van der Waals surface area (Å²) in [6, 6.07) is 1.90. The summed E-state index contributed by atoms with van der Waals surface area (Å²) in [7, 11) is 1.38. The fourth-order valence-electron chi connectivity index (χ4n) is 3.32. The van der Waals surface area contributed by atoms with Crippen molar-refractivity contribution >= 4 is 39.4 Å². The van der Waals surface area contributed by atoms with Crippen LogP contribution < -0.4 is 5.32 Å². The van der Waals surface area contributed by atoms with E-state index in [-0.39, 0.29) is 26.6 Å². The van der Waals surface area contributed by atoms with Crippen molar-refractivity contribution in [2.24, 2.45) is 11.8 Å². The average molecular weight is 375 g/mol. The number of nitrogens with one attached hydrogen (secondary N) is 2. The van der Waals surface area contributed by atoms with Crippen LogP contribution in [0.25, 0.3) is 22.4 Å². The molecule has 0 saturated heterocycles. The molecule has 0 aliphatic heterocycles. The van der Waals surface area contributed by atoms with Crippen molar-refractivity contribution in [3.63, 3.8) is 0 Å². The molecule has 8 nitrogen and oxygen atoms in total. The number of H-pyrrole nitrogens is 1. The SMILES string of the molecule is COC(=O)[C@@H]1CC[C@H](C(=O)Nc2nc(-c3ncnc4[nH]ccc34)cs2)C1.[HH].[HH]. The Morgan fingerprint density at radius 3 is 3.04 bits per heavy atom. The molecule has 2 atom stereocenters. The zero-order chi connectivity index (χ0) is 18.1. The molecule has 4 rings (SSSR count). The van der Waals surface area contributed by atoms with E-state index in [1.807, 2.05) is 11.4 Å². The Hall–Kier alpha value is -2.81. The highest BCUT2D eigenvalue weighted by atomic mass is 32.1. The van der Waals surface area contributed by atoms with Gasteiger partial charge in [0.2, 0.25) is 5.91 Å². The first kappa shape index (κ1) is 16.6. The minimum atomic E-state index is -0.240. The first-order valence-electron chi connectivity index (χ1n) is 8.28. The lowest BCUT2D eigenvalue weighted by Gasteiger charge is -2.09. The average Bonchev–Trinajstić information content (AvgIpc) is 3.39. The molecule has 0 radical (unpaired) electrons. The molecule has 1 saturated carbocycles. The summed E-state index contributed by atoms with van der Waals surface area (Å²) >= 11 is 1.35. The van der Waals surface area contributed by atoms with Gasteiger partial charge in [-0.05, 0) is 25.3 Å². The van der Waals surface area contributed by atoms with Gasteiger partial charge in [-0.15, -0.1) is 11.3 Å². The summed E-state index contributed by atoms with van der Waals surface area (Å²) in [4.78, 5) is 40.1. The fraction of sp³-hybridized carbons (Fsp3) is 0.353. The number of carbonyl (C=O) groups excluding carboxylic acids is 2. The predicted molar refractivity (Wildman–Crippen MR) is 101 cm³/mol. The first-order chi connectivity index (χ1) is 12.7. The lowest BCUT2D eigenvalue weighted by Crippen LogP contribution is -2.22. The third-order valence-electron chi connectivity index (χ3n) is 4.67. The van der Waals surface area contributed by atoms with Crippen molar-refractivity contribution < 1.29 is 17.2 Å². The van der Waals surface area contributed by atoms with E-state index in [0.717, 1.165) is 16.7 Å². The van der Waals surface area contributed by atoms with Crippen LogP contribution in [0.15, 0.2) is 24.0 Å². The highest BCUT2D eigenvalue weighted by molar-refractivity contribution is 7.14. The Kier molecular flexibility index (Phi) is 4.37. The van der Waals surface area contributed by atoms with Crippen LogP contribution in [-0.2, 0) is 14.3 Å². The summed E-state index contributed by atoms with van der Waals surface area (Å²) in [6.45, 7) is 0. The monoisotopic (exact) mass is 375 g/mol. The van der Waals surface area contributed by atoms with E-state index in [9.17, 15) is 9.59 Å². The molecule has 3 heterocycles. The van der Waals surface area contributed by atoms with E-state index in [0.29, 0.717) is 30.1 Å². The lowest BCUT2D eigenvalue weighted by molar-refractivity contribution is -0.145. The van der Waals surface area contributed by atoms with Gasteiger partial charge in [-0.2, -0.15) is 0 Å². The third kappa shape index (κ3) is 3.05. The van der Waals surface area contributed by atoms with Crippen molar-refractivity contribution in [2.75, 3.05) is 12.4 Å². The molecule has 3 aromatic rings. The normalized spacial score (nSPS) is 19.6. The van der Waals surface area contributed by atoms with Gasteiger partial charge >= 0.3 is 5.97 Å². The topological polar surface area (TPSA) is 110 Å². The van der Waals surface area contributed by atoms with Crippen molar-refractivity contribution in [3.05, 3.63) is 24.0 Å². The molecular weight excluding hydrogens is 354 g/mol. The molecule has 26 heavy (non-hydrogen) atoms. The van der Waals surface area contributed by atoms with E-state index in [1.165, 1.54) is 24.8 Å². The van der Waals surface area contributed by atoms with E-state index >= 15 is 0 Å². The number of thiazole rings is 1. The number of rotatable bonds is 4. The summed E-state index contributed by atoms with van der Waals surface area (Å²) in [6.07, 6.45) is 5.17. The second-order valence-corrected chi connectivity index (χ2v) is 7.08. The number of esters is 1. The zero-order valence-electron chi connectivity index (χ0n) is 14.1. The molecule has 1 aliphatic carbocycles. The second-order valence-electron chi connectivity index (χ2n) is 6.22. The number of amides is 1. The molecule has 9 heteroatoms. The second kappa shape index (κ2) is 6.83. The number of carbonyl (C=O) groups is 2. The molecule has 138 valence electrons. The number of nitrogens with zero attached hydrogens (tertiary/aromatic N) is 3. The van der Waals surface area contributed by atoms with Gasteiger partial charge in [0.05, 0.1) is 13.0 Å². The largest absolute Gasteiger partial charge is 0.469 e. The van der Waals surface area contributed by atoms with Crippen molar-refractivity contribution in [1.29, 1.82) is 0 Å². The van der Waals surface area contributed by atoms with Crippen LogP contribution in [0.3, 0.4) is 0 Å². The number of aromatic nitrogens is 4. The van der Waals surface area contributed by atoms with Gasteiger partial charge in [-0.1, -0.05) is 0 Å². The van der Waals surface area contributed by atoms with Gasteiger partial charge in [-0.3, -0.25) is 9.59 Å². The molecule has 3 aromatic heterocycles. The molecule has 1 amide bonds. The molecule has 0 bridgehead atoms. The van der Waals surface area contributed by atoms with Crippen LogP contribution in [0.2, 0.25) is 0 Å². The van der Waals surface area contributed by atoms with Gasteiger partial charge < -0.3 is 15.0 Å². The lowest BCUT2D eigenvalue weighted by atomic mass is 10.0. The Morgan fingerprint density at radius 1 is 1.35 bits per heavy atom. The number of hydrogen-bond acceptors (Lipinski definition) is 7. The summed E-state index contributed by atoms with van der Waals surface area (Å²) in [5.74, 6) is -0.727. The van der Waals surface area contributed by atoms with E-state index in [1.54, 1.807) is 6.20 Å². The van der Waals surface area contributed by atoms with Crippen LogP contribution in [0.5, 0.6) is 0 Å². The van der Waals surface area contributed by atoms with E-state index < -0.39 is 0 Å². The van der Waals surface area contributed by atoms with E-state index in [2.05, 4.69) is 25.3 Å². The van der Waals surface area contributed by atoms with Gasteiger partial charge in [0.25, 0.3) is 0 Å². The minimum absolute atomic E-state index is 0. The van der Waals surface area contributed by atoms with Crippen LogP contribution in [0, 0.1) is 11.8 Å². The van der Waals surface area contributed by atoms with Crippen molar-refractivity contribution in [2.45, 2.75) is 19.3 Å². The number of fused-ring (bicyclic) bond motifs is 1. The number of hydrogen-bond donors (Lipinski definition) is 2. The van der Waals surface area contributed by atoms with Crippen LogP contribution >= 0.6 is 11.3 Å². The number of aromatic amines is 1. The molecule has 2 N–H and O–H groups in total. The molecule has 0 aromatic carbocycles. The highest BCUT2D eigenvalue weighted by Crippen LogP contribution is 2.33. The molecular formula is C17H21N5O3S. The maximum absolute atomic E-state index is 12.5. The van der Waals surface area contributed by atoms with Gasteiger partial charge in [0, 0.05) is 25.7 Å². The summed E-state index contributed by atoms with van der Waals surface area (Å²) < 4.78 is 4.77. The smallest absolute Gasteiger partial charge is 0.308 e. The molecule has 1 aliphatic rings. The number of ether oxygens (including phenoxy) is 1. The number of methoxy groups -OCH3 is 1. The predicted octanol–water partition coefficient (Wildman–Crippen LogP) is 3.10. The van der Waals surface area contributed by atoms with Crippen molar-refractivity contribution in [1.82, 2.24) is 19.9 Å². The molecule has 0 unspecified atom stereocenters. The van der Waals surface area contributed by atoms with Gasteiger partial charge in [0.1, 0.15) is 23.4 Å². The van der Waals surface area contributed by atoms with Crippen molar-refractivity contribution in [3.8, 4) is 11.4 Å². The highest BCUT2D eigenvalue weighted by Gasteiger charge is 2.34. The van der Waals surface area contributed by atoms with Crippen LogP contribution in [-0.4, -0.2) is 38.9 Å². The van der Waals surface area contributed by atoms with Gasteiger partial charge in [-0.25, -0.2) is 15.0 Å². The maximum Gasteiger partial charge on any atom is 0.308 e. The Bertz CT molecular complexity index is 977. The summed E-state index contributed by atoms with van der Waals surface area (Å²) in [5, 5.41) is 6.12. The number of anilines is 1. The minimum Gasteiger partial charge on any atom is -0.469 e. The van der Waals surface area contributed by atoms with Gasteiger partial charge in [0.15, 0.2) is 5.13 Å². The van der Waals surface area contributed by atoms with Crippen LogP contribution in [0.1, 0.15) is 22.1 Å². The first-order valence-corrected chi connectivity index (χ1v) is 9.16. The van der Waals surface area contributed by atoms with Crippen LogP contribution in [0.4, 0.5) is 5.13 Å². The zero-order valence-corrected chi connectivity index (χ0v) is 14.9. The molecule has 0 spiro atoms. The Balaban J connectivity index is 0.00000140. The quantitative estimate of drug-likeness (QED) is 0.678. The Morgan fingerprint density at radius 2 is 2.19 bits per heavy atom. The van der Waals surface area contributed by atoms with E-state index in [4.69, 9.17) is 4.74 Å². The molecule has 1 fully saturated rings. The Labute approximate surface area is 156 Å². The maximum atomic E-state index is 12.5. The fourth-order valence-corrected chi connectivity index (χ4v) is 4.02.